The Bertz CT molecular complexity index is 216. The molecule has 0 spiro atoms. The summed E-state index contributed by atoms with van der Waals surface area (Å²) in [5.41, 5.74) is 1.18. The monoisotopic (exact) mass is 202 g/mol. The highest BCUT2D eigenvalue weighted by Gasteiger charge is 2.34. The Morgan fingerprint density at radius 1 is 1.10 bits per heavy atom. The van der Waals surface area contributed by atoms with Crippen LogP contribution < -0.4 is 0 Å². The minimum atomic E-state index is -0.604. The maximum atomic E-state index is 11.0. The lowest BCUT2D eigenvalue weighted by molar-refractivity contribution is -0.120. The largest absolute Gasteiger partial charge is 0.293 e. The number of hydrogen-bond acceptors (Lipinski definition) is 2. The molecule has 0 amide bonds. The fourth-order valence-electron chi connectivity index (χ4n) is 0.869. The summed E-state index contributed by atoms with van der Waals surface area (Å²) < 4.78 is 0. The van der Waals surface area contributed by atoms with Crippen LogP contribution in [0.2, 0.25) is 0 Å². The van der Waals surface area contributed by atoms with Crippen molar-refractivity contribution in [3.05, 3.63) is 11.1 Å². The topological polar surface area (TPSA) is 34.1 Å². The zero-order chi connectivity index (χ0) is 7.89. The van der Waals surface area contributed by atoms with Gasteiger partial charge in [0.25, 0.3) is 0 Å². The molecule has 0 aromatic rings. The van der Waals surface area contributed by atoms with Gasteiger partial charge >= 0.3 is 0 Å². The van der Waals surface area contributed by atoms with Crippen molar-refractivity contribution in [1.82, 2.24) is 0 Å². The molecular formula is C7H7BrO2. The zero-order valence-corrected chi connectivity index (χ0v) is 7.36. The van der Waals surface area contributed by atoms with E-state index in [-0.39, 0.29) is 11.6 Å². The summed E-state index contributed by atoms with van der Waals surface area (Å²) in [5, 5.41) is 0. The summed E-state index contributed by atoms with van der Waals surface area (Å²) in [4.78, 5) is 21.4. The molecule has 0 saturated heterocycles. The normalized spacial score (nSPS) is 21.1. The van der Waals surface area contributed by atoms with E-state index in [2.05, 4.69) is 15.9 Å². The van der Waals surface area contributed by atoms with Gasteiger partial charge in [-0.15, -0.1) is 0 Å². The summed E-state index contributed by atoms with van der Waals surface area (Å²) in [5.74, 6) is -0.190. The van der Waals surface area contributed by atoms with Crippen LogP contribution in [0.1, 0.15) is 13.8 Å². The molecule has 0 atom stereocenters. The van der Waals surface area contributed by atoms with Crippen LogP contribution in [0, 0.1) is 0 Å². The molecule has 0 heterocycles. The number of alkyl halides is 1. The number of carbonyl (C=O) groups excluding carboxylic acids is 2. The van der Waals surface area contributed by atoms with Crippen molar-refractivity contribution in [3.8, 4) is 0 Å². The predicted octanol–water partition coefficient (Wildman–Crippen LogP) is 1.24. The smallest absolute Gasteiger partial charge is 0.180 e. The van der Waals surface area contributed by atoms with Gasteiger partial charge in [-0.05, 0) is 13.8 Å². The highest BCUT2D eigenvalue weighted by molar-refractivity contribution is 9.10. The van der Waals surface area contributed by atoms with Crippen molar-refractivity contribution in [3.63, 3.8) is 0 Å². The lowest BCUT2D eigenvalue weighted by Gasteiger charge is -1.92. The SMILES string of the molecule is CC1=C(C)C(=O)C(Br)C1=O. The van der Waals surface area contributed by atoms with Crippen molar-refractivity contribution < 1.29 is 9.59 Å². The molecule has 0 unspecified atom stereocenters. The molecule has 2 nitrogen and oxygen atoms in total. The van der Waals surface area contributed by atoms with E-state index in [1.807, 2.05) is 0 Å². The fourth-order valence-corrected chi connectivity index (χ4v) is 1.56. The van der Waals surface area contributed by atoms with Crippen LogP contribution in [0.4, 0.5) is 0 Å². The molecule has 0 radical (unpaired) electrons. The molecule has 0 bridgehead atoms. The molecule has 0 fully saturated rings. The van der Waals surface area contributed by atoms with Crippen LogP contribution in [0.5, 0.6) is 0 Å². The van der Waals surface area contributed by atoms with E-state index in [1.165, 1.54) is 0 Å². The Morgan fingerprint density at radius 2 is 1.40 bits per heavy atom. The number of allylic oxidation sites excluding steroid dienone is 2. The predicted molar refractivity (Wildman–Crippen MR) is 41.1 cm³/mol. The molecule has 3 heteroatoms. The first-order valence-electron chi connectivity index (χ1n) is 2.95. The summed E-state index contributed by atoms with van der Waals surface area (Å²) in [6.07, 6.45) is 0. The number of Topliss-reactive ketones (excluding diaryl/α,β-unsaturated/α-hetero) is 2. The summed E-state index contributed by atoms with van der Waals surface area (Å²) >= 11 is 3.01. The first-order chi connectivity index (χ1) is 4.55. The maximum Gasteiger partial charge on any atom is 0.180 e. The molecule has 0 aliphatic heterocycles. The number of carbonyl (C=O) groups is 2. The Kier molecular flexibility index (Phi) is 1.77. The highest BCUT2D eigenvalue weighted by Crippen LogP contribution is 2.23. The molecule has 1 rings (SSSR count). The average Bonchev–Trinajstić information content (AvgIpc) is 2.07. The second kappa shape index (κ2) is 2.31. The van der Waals surface area contributed by atoms with E-state index >= 15 is 0 Å². The van der Waals surface area contributed by atoms with E-state index in [1.54, 1.807) is 13.8 Å². The van der Waals surface area contributed by atoms with Gasteiger partial charge in [0.1, 0.15) is 4.83 Å². The van der Waals surface area contributed by atoms with Crippen molar-refractivity contribution in [1.29, 1.82) is 0 Å². The van der Waals surface area contributed by atoms with E-state index in [0.717, 1.165) is 0 Å². The van der Waals surface area contributed by atoms with Crippen LogP contribution in [-0.2, 0) is 9.59 Å². The lowest BCUT2D eigenvalue weighted by atomic mass is 10.2. The van der Waals surface area contributed by atoms with Crippen molar-refractivity contribution in [2.45, 2.75) is 18.7 Å². The highest BCUT2D eigenvalue weighted by atomic mass is 79.9. The quantitative estimate of drug-likeness (QED) is 0.438. The summed E-state index contributed by atoms with van der Waals surface area (Å²) in [7, 11) is 0. The molecule has 0 aromatic heterocycles. The Hall–Kier alpha value is -0.440. The Labute approximate surface area is 67.4 Å². The average molecular weight is 203 g/mol. The second-order valence-corrected chi connectivity index (χ2v) is 3.26. The number of rotatable bonds is 0. The fraction of sp³-hybridized carbons (Fsp3) is 0.429. The van der Waals surface area contributed by atoms with Gasteiger partial charge in [-0.2, -0.15) is 0 Å². The van der Waals surface area contributed by atoms with Gasteiger partial charge in [-0.3, -0.25) is 9.59 Å². The first kappa shape index (κ1) is 7.66. The molecule has 54 valence electrons. The van der Waals surface area contributed by atoms with E-state index < -0.39 is 4.83 Å². The summed E-state index contributed by atoms with van der Waals surface area (Å²) in [6, 6.07) is 0. The minimum Gasteiger partial charge on any atom is -0.293 e. The van der Waals surface area contributed by atoms with Gasteiger partial charge in [0.15, 0.2) is 11.6 Å². The molecular weight excluding hydrogens is 196 g/mol. The molecule has 1 aliphatic rings. The third-order valence-corrected chi connectivity index (χ3v) is 2.59. The van der Waals surface area contributed by atoms with Crippen molar-refractivity contribution >= 4 is 27.5 Å². The van der Waals surface area contributed by atoms with Gasteiger partial charge < -0.3 is 0 Å². The lowest BCUT2D eigenvalue weighted by Crippen LogP contribution is -2.15. The molecule has 0 saturated carbocycles. The van der Waals surface area contributed by atoms with Gasteiger partial charge in [-0.1, -0.05) is 15.9 Å². The van der Waals surface area contributed by atoms with Gasteiger partial charge in [0, 0.05) is 11.1 Å². The number of ketones is 2. The van der Waals surface area contributed by atoms with Gasteiger partial charge in [0.05, 0.1) is 0 Å². The first-order valence-corrected chi connectivity index (χ1v) is 3.87. The molecule has 0 aromatic carbocycles. The molecule has 10 heavy (non-hydrogen) atoms. The van der Waals surface area contributed by atoms with Gasteiger partial charge in [0.2, 0.25) is 0 Å². The van der Waals surface area contributed by atoms with Crippen LogP contribution in [-0.4, -0.2) is 16.4 Å². The van der Waals surface area contributed by atoms with E-state index in [0.29, 0.717) is 11.1 Å². The van der Waals surface area contributed by atoms with E-state index in [9.17, 15) is 9.59 Å². The number of hydrogen-bond donors (Lipinski definition) is 0. The van der Waals surface area contributed by atoms with Crippen LogP contribution in [0.3, 0.4) is 0 Å². The van der Waals surface area contributed by atoms with E-state index in [4.69, 9.17) is 0 Å². The zero-order valence-electron chi connectivity index (χ0n) is 5.77. The molecule has 0 N–H and O–H groups in total. The third kappa shape index (κ3) is 0.850. The standard InChI is InChI=1S/C7H7BrO2/c1-3-4(2)7(10)5(8)6(3)9/h5H,1-2H3. The number of halogens is 1. The second-order valence-electron chi connectivity index (χ2n) is 2.34. The van der Waals surface area contributed by atoms with Crippen LogP contribution in [0.25, 0.3) is 0 Å². The van der Waals surface area contributed by atoms with Crippen LogP contribution >= 0.6 is 15.9 Å². The van der Waals surface area contributed by atoms with Crippen molar-refractivity contribution in [2.24, 2.45) is 0 Å². The summed E-state index contributed by atoms with van der Waals surface area (Å²) in [6.45, 7) is 3.35. The third-order valence-electron chi connectivity index (χ3n) is 1.76. The van der Waals surface area contributed by atoms with Crippen molar-refractivity contribution in [2.75, 3.05) is 0 Å². The Balaban J connectivity index is 3.11. The maximum absolute atomic E-state index is 11.0. The van der Waals surface area contributed by atoms with Crippen LogP contribution in [0.15, 0.2) is 11.1 Å². The Morgan fingerprint density at radius 3 is 1.50 bits per heavy atom. The molecule has 1 aliphatic carbocycles. The minimum absolute atomic E-state index is 0.0949. The van der Waals surface area contributed by atoms with Gasteiger partial charge in [-0.25, -0.2) is 0 Å².